The summed E-state index contributed by atoms with van der Waals surface area (Å²) < 4.78 is 29.8. The lowest BCUT2D eigenvalue weighted by Gasteiger charge is -2.24. The summed E-state index contributed by atoms with van der Waals surface area (Å²) in [5.41, 5.74) is 9.16. The van der Waals surface area contributed by atoms with Gasteiger partial charge >= 0.3 is 0 Å². The number of rotatable bonds is 2. The fourth-order valence-electron chi connectivity index (χ4n) is 6.32. The SMILES string of the molecule is CCc1nc2cccc3c2n1-c1ccc(-c2cc4c5c(ccc6c5c2C=CC6)CC=C4)cc1S3(=O)=O. The van der Waals surface area contributed by atoms with E-state index in [1.165, 1.54) is 33.0 Å². The predicted molar refractivity (Wildman–Crippen MR) is 144 cm³/mol. The average molecular weight is 487 g/mol. The molecule has 0 N–H and O–H groups in total. The lowest BCUT2D eigenvalue weighted by Crippen LogP contribution is -2.16. The monoisotopic (exact) mass is 486 g/mol. The van der Waals surface area contributed by atoms with Gasteiger partial charge in [-0.1, -0.05) is 55.5 Å². The van der Waals surface area contributed by atoms with E-state index in [0.29, 0.717) is 21.0 Å². The molecular weight excluding hydrogens is 464 g/mol. The summed E-state index contributed by atoms with van der Waals surface area (Å²) in [7, 11) is -3.69. The molecule has 0 saturated carbocycles. The van der Waals surface area contributed by atoms with Crippen molar-refractivity contribution in [2.24, 2.45) is 0 Å². The summed E-state index contributed by atoms with van der Waals surface area (Å²) in [5, 5.41) is 2.65. The number of hydrogen-bond donors (Lipinski definition) is 0. The van der Waals surface area contributed by atoms with E-state index in [-0.39, 0.29) is 0 Å². The van der Waals surface area contributed by atoms with Crippen LogP contribution in [0.15, 0.2) is 76.5 Å². The Kier molecular flexibility index (Phi) is 3.84. The molecule has 36 heavy (non-hydrogen) atoms. The van der Waals surface area contributed by atoms with Gasteiger partial charge in [0.15, 0.2) is 0 Å². The van der Waals surface area contributed by atoms with Crippen molar-refractivity contribution in [1.82, 2.24) is 9.55 Å². The van der Waals surface area contributed by atoms with Crippen LogP contribution in [0.3, 0.4) is 0 Å². The number of nitrogens with zero attached hydrogens (tertiary/aromatic N) is 2. The van der Waals surface area contributed by atoms with Crippen LogP contribution in [0.1, 0.15) is 35.0 Å². The Bertz CT molecular complexity index is 1990. The minimum atomic E-state index is -3.69. The van der Waals surface area contributed by atoms with Crippen LogP contribution in [-0.4, -0.2) is 18.0 Å². The third-order valence-corrected chi connectivity index (χ3v) is 9.71. The summed E-state index contributed by atoms with van der Waals surface area (Å²) in [6, 6.07) is 18.0. The van der Waals surface area contributed by atoms with E-state index >= 15 is 0 Å². The molecule has 3 aliphatic rings. The van der Waals surface area contributed by atoms with Gasteiger partial charge in [-0.05, 0) is 87.3 Å². The standard InChI is InChI=1S/C31H22N2O2S/c1-2-28-32-24-10-5-11-26-31(24)33(28)25-15-14-20(17-27(25)36(26,34)35)23-16-21-8-3-6-18-12-13-19-7-4-9-22(23)30(19)29(18)21/h3-5,8-17H,2,6-7H2,1H3. The Morgan fingerprint density at radius 2 is 1.69 bits per heavy atom. The molecule has 2 heterocycles. The maximum absolute atomic E-state index is 13.9. The van der Waals surface area contributed by atoms with Crippen molar-refractivity contribution in [2.75, 3.05) is 0 Å². The number of imidazole rings is 1. The second-order valence-corrected chi connectivity index (χ2v) is 11.7. The molecule has 4 aromatic carbocycles. The van der Waals surface area contributed by atoms with E-state index in [1.54, 1.807) is 12.1 Å². The van der Waals surface area contributed by atoms with Crippen molar-refractivity contribution >= 4 is 43.8 Å². The van der Waals surface area contributed by atoms with Crippen LogP contribution in [0.4, 0.5) is 0 Å². The second-order valence-electron chi connectivity index (χ2n) is 9.80. The molecule has 0 atom stereocenters. The number of sulfone groups is 1. The largest absolute Gasteiger partial charge is 0.294 e. The average Bonchev–Trinajstić information content (AvgIpc) is 3.29. The van der Waals surface area contributed by atoms with Gasteiger partial charge in [-0.15, -0.1) is 0 Å². The highest BCUT2D eigenvalue weighted by Gasteiger charge is 2.33. The topological polar surface area (TPSA) is 52.0 Å². The zero-order chi connectivity index (χ0) is 24.2. The fraction of sp³-hybridized carbons (Fsp3) is 0.129. The Balaban J connectivity index is 1.45. The van der Waals surface area contributed by atoms with Crippen LogP contribution in [0, 0.1) is 0 Å². The number of aromatic nitrogens is 2. The minimum absolute atomic E-state index is 0.335. The van der Waals surface area contributed by atoms with E-state index in [9.17, 15) is 8.42 Å². The Hall–Kier alpha value is -3.96. The van der Waals surface area contributed by atoms with Crippen LogP contribution < -0.4 is 0 Å². The Labute approximate surface area is 209 Å². The quantitative estimate of drug-likeness (QED) is 0.274. The molecule has 174 valence electrons. The molecule has 1 aliphatic heterocycles. The van der Waals surface area contributed by atoms with E-state index in [1.807, 2.05) is 22.8 Å². The van der Waals surface area contributed by atoms with Gasteiger partial charge in [-0.2, -0.15) is 0 Å². The maximum atomic E-state index is 13.9. The smallest absolute Gasteiger partial charge is 0.210 e. The molecule has 0 fully saturated rings. The molecule has 0 radical (unpaired) electrons. The molecule has 0 amide bonds. The van der Waals surface area contributed by atoms with Crippen LogP contribution in [0.2, 0.25) is 0 Å². The van der Waals surface area contributed by atoms with Gasteiger partial charge in [-0.3, -0.25) is 4.57 Å². The summed E-state index contributed by atoms with van der Waals surface area (Å²) in [6.07, 6.45) is 11.4. The summed E-state index contributed by atoms with van der Waals surface area (Å²) >= 11 is 0. The van der Waals surface area contributed by atoms with Gasteiger partial charge in [0.05, 0.1) is 26.5 Å². The lowest BCUT2D eigenvalue weighted by molar-refractivity contribution is 0.594. The number of fused-ring (bicyclic) bond motifs is 2. The van der Waals surface area contributed by atoms with Crippen molar-refractivity contribution in [3.05, 3.63) is 94.8 Å². The zero-order valence-corrected chi connectivity index (χ0v) is 20.6. The van der Waals surface area contributed by atoms with Gasteiger partial charge in [0, 0.05) is 6.42 Å². The molecule has 0 saturated heterocycles. The van der Waals surface area contributed by atoms with E-state index in [2.05, 4.69) is 55.5 Å². The minimum Gasteiger partial charge on any atom is -0.294 e. The summed E-state index contributed by atoms with van der Waals surface area (Å²) in [4.78, 5) is 5.43. The molecule has 5 heteroatoms. The highest BCUT2D eigenvalue weighted by Crippen LogP contribution is 2.45. The first-order chi connectivity index (χ1) is 17.6. The first-order valence-corrected chi connectivity index (χ1v) is 13.9. The van der Waals surface area contributed by atoms with Gasteiger partial charge in [-0.25, -0.2) is 13.4 Å². The number of aryl methyl sites for hydroxylation is 1. The third kappa shape index (κ3) is 2.43. The van der Waals surface area contributed by atoms with Gasteiger partial charge in [0.1, 0.15) is 5.82 Å². The molecule has 2 aliphatic carbocycles. The molecule has 0 unspecified atom stereocenters. The first-order valence-electron chi connectivity index (χ1n) is 12.4. The summed E-state index contributed by atoms with van der Waals surface area (Å²) in [5.74, 6) is 0.872. The Morgan fingerprint density at radius 3 is 2.53 bits per heavy atom. The second kappa shape index (κ2) is 6.83. The predicted octanol–water partition coefficient (Wildman–Crippen LogP) is 6.69. The molecule has 8 rings (SSSR count). The molecule has 0 bridgehead atoms. The normalized spacial score (nSPS) is 16.0. The van der Waals surface area contributed by atoms with E-state index in [0.717, 1.165) is 41.7 Å². The Morgan fingerprint density at radius 1 is 0.889 bits per heavy atom. The molecule has 4 nitrogen and oxygen atoms in total. The van der Waals surface area contributed by atoms with Crippen LogP contribution in [0.25, 0.3) is 50.8 Å². The van der Waals surface area contributed by atoms with Crippen molar-refractivity contribution in [3.8, 4) is 16.8 Å². The van der Waals surface area contributed by atoms with Crippen molar-refractivity contribution in [1.29, 1.82) is 0 Å². The number of para-hydroxylation sites is 1. The highest BCUT2D eigenvalue weighted by molar-refractivity contribution is 7.92. The number of allylic oxidation sites excluding steroid dienone is 2. The molecular formula is C31H22N2O2S. The fourth-order valence-corrected chi connectivity index (χ4v) is 7.99. The van der Waals surface area contributed by atoms with E-state index in [4.69, 9.17) is 4.98 Å². The van der Waals surface area contributed by atoms with Crippen LogP contribution in [-0.2, 0) is 29.1 Å². The van der Waals surface area contributed by atoms with Crippen LogP contribution >= 0.6 is 0 Å². The lowest BCUT2D eigenvalue weighted by atomic mass is 9.81. The van der Waals surface area contributed by atoms with Crippen molar-refractivity contribution in [2.45, 2.75) is 36.0 Å². The van der Waals surface area contributed by atoms with Gasteiger partial charge in [0.2, 0.25) is 9.84 Å². The molecule has 1 aromatic heterocycles. The van der Waals surface area contributed by atoms with Crippen molar-refractivity contribution < 1.29 is 8.42 Å². The maximum Gasteiger partial charge on any atom is 0.210 e. The molecule has 5 aromatic rings. The van der Waals surface area contributed by atoms with E-state index < -0.39 is 9.84 Å². The number of benzene rings is 4. The van der Waals surface area contributed by atoms with Crippen molar-refractivity contribution in [3.63, 3.8) is 0 Å². The first kappa shape index (κ1) is 20.3. The zero-order valence-electron chi connectivity index (χ0n) is 19.7. The number of hydrogen-bond acceptors (Lipinski definition) is 3. The molecule has 0 spiro atoms. The summed E-state index contributed by atoms with van der Waals surface area (Å²) in [6.45, 7) is 2.05. The third-order valence-electron chi connectivity index (χ3n) is 7.90. The van der Waals surface area contributed by atoms with Gasteiger partial charge < -0.3 is 0 Å². The van der Waals surface area contributed by atoms with Gasteiger partial charge in [0.25, 0.3) is 0 Å². The highest BCUT2D eigenvalue weighted by atomic mass is 32.2. The van der Waals surface area contributed by atoms with Crippen LogP contribution in [0.5, 0.6) is 0 Å².